The van der Waals surface area contributed by atoms with Gasteiger partial charge in [0.15, 0.2) is 9.84 Å². The summed E-state index contributed by atoms with van der Waals surface area (Å²) in [5.74, 6) is -0.532. The number of carbonyl (C=O) groups is 1. The van der Waals surface area contributed by atoms with E-state index in [9.17, 15) is 31.5 Å². The zero-order valence-corrected chi connectivity index (χ0v) is 15.4. The van der Waals surface area contributed by atoms with Gasteiger partial charge in [-0.2, -0.15) is 13.2 Å². The van der Waals surface area contributed by atoms with Gasteiger partial charge < -0.3 is 20.1 Å². The number of benzene rings is 1. The molecule has 27 heavy (non-hydrogen) atoms. The normalized spacial score (nSPS) is 20.1. The van der Waals surface area contributed by atoms with Gasteiger partial charge in [-0.1, -0.05) is 12.1 Å². The molecule has 1 aliphatic heterocycles. The third kappa shape index (κ3) is 6.28. The first-order valence-corrected chi connectivity index (χ1v) is 9.99. The van der Waals surface area contributed by atoms with Gasteiger partial charge >= 0.3 is 12.2 Å². The molecule has 0 spiro atoms. The number of para-hydroxylation sites is 1. The van der Waals surface area contributed by atoms with E-state index >= 15 is 0 Å². The summed E-state index contributed by atoms with van der Waals surface area (Å²) in [6, 6.07) is 3.56. The second-order valence-corrected chi connectivity index (χ2v) is 8.62. The van der Waals surface area contributed by atoms with E-state index < -0.39 is 52.1 Å². The second kappa shape index (κ2) is 8.34. The van der Waals surface area contributed by atoms with Crippen LogP contribution in [0, 0.1) is 0 Å². The fourth-order valence-electron chi connectivity index (χ4n) is 2.66. The van der Waals surface area contributed by atoms with Crippen molar-refractivity contribution in [2.75, 3.05) is 31.7 Å². The van der Waals surface area contributed by atoms with E-state index in [0.29, 0.717) is 6.42 Å². The Morgan fingerprint density at radius 2 is 2.07 bits per heavy atom. The van der Waals surface area contributed by atoms with Crippen LogP contribution in [0.15, 0.2) is 24.3 Å². The number of hydrogen-bond donors (Lipinski definition) is 2. The number of aliphatic hydroxyl groups is 1. The summed E-state index contributed by atoms with van der Waals surface area (Å²) in [4.78, 5) is 13.1. The maximum Gasteiger partial charge on any atom is 0.419 e. The average Bonchev–Trinajstić information content (AvgIpc) is 2.90. The summed E-state index contributed by atoms with van der Waals surface area (Å²) >= 11 is 0. The molecule has 2 N–H and O–H groups in total. The number of sulfone groups is 1. The van der Waals surface area contributed by atoms with Crippen molar-refractivity contribution in [3.05, 3.63) is 29.8 Å². The molecule has 0 bridgehead atoms. The van der Waals surface area contributed by atoms with Gasteiger partial charge in [-0.3, -0.25) is 0 Å². The molecule has 2 atom stereocenters. The summed E-state index contributed by atoms with van der Waals surface area (Å²) in [6.07, 6.45) is -5.49. The third-order valence-corrected chi connectivity index (χ3v) is 5.78. The molecule has 0 aromatic heterocycles. The van der Waals surface area contributed by atoms with Gasteiger partial charge in [0.05, 0.1) is 23.6 Å². The smallest absolute Gasteiger partial charge is 0.419 e. The first kappa shape index (κ1) is 21.3. The van der Waals surface area contributed by atoms with Gasteiger partial charge in [0, 0.05) is 13.1 Å². The van der Waals surface area contributed by atoms with Gasteiger partial charge in [0.25, 0.3) is 0 Å². The molecule has 7 nitrogen and oxygen atoms in total. The molecule has 1 aromatic rings. The highest BCUT2D eigenvalue weighted by Crippen LogP contribution is 2.35. The Kier molecular flexibility index (Phi) is 6.58. The van der Waals surface area contributed by atoms with Gasteiger partial charge in [-0.05, 0) is 18.6 Å². The Hall–Kier alpha value is -2.01. The van der Waals surface area contributed by atoms with Crippen molar-refractivity contribution in [3.63, 3.8) is 0 Å². The minimum atomic E-state index is -4.58. The molecule has 0 saturated carbocycles. The predicted octanol–water partition coefficient (Wildman–Crippen LogP) is 1.27. The SMILES string of the molecule is CN(C[C@@H](O)COc1ccccc1C(F)(F)F)C(=O)N[C@H]1CCS(=O)(=O)C1. The monoisotopic (exact) mass is 410 g/mol. The number of ether oxygens (including phenoxy) is 1. The van der Waals surface area contributed by atoms with E-state index in [0.717, 1.165) is 17.0 Å². The van der Waals surface area contributed by atoms with Gasteiger partial charge in [0.1, 0.15) is 18.5 Å². The number of rotatable bonds is 6. The largest absolute Gasteiger partial charge is 0.490 e. The highest BCUT2D eigenvalue weighted by atomic mass is 32.2. The molecule has 2 rings (SSSR count). The van der Waals surface area contributed by atoms with Crippen LogP contribution in [0.25, 0.3) is 0 Å². The lowest BCUT2D eigenvalue weighted by atomic mass is 10.2. The Labute approximate surface area is 155 Å². The summed E-state index contributed by atoms with van der Waals surface area (Å²) < 4.78 is 66.5. The molecular weight excluding hydrogens is 389 g/mol. The first-order valence-electron chi connectivity index (χ1n) is 8.17. The summed E-state index contributed by atoms with van der Waals surface area (Å²) in [5, 5.41) is 12.5. The number of urea groups is 1. The van der Waals surface area contributed by atoms with E-state index in [1.54, 1.807) is 0 Å². The van der Waals surface area contributed by atoms with E-state index in [1.165, 1.54) is 19.2 Å². The van der Waals surface area contributed by atoms with Crippen LogP contribution in [0.2, 0.25) is 0 Å². The van der Waals surface area contributed by atoms with Crippen LogP contribution in [0.3, 0.4) is 0 Å². The van der Waals surface area contributed by atoms with E-state index in [2.05, 4.69) is 5.32 Å². The highest BCUT2D eigenvalue weighted by Gasteiger charge is 2.34. The van der Waals surface area contributed by atoms with Crippen LogP contribution in [-0.4, -0.2) is 68.3 Å². The minimum absolute atomic E-state index is 0.0107. The minimum Gasteiger partial charge on any atom is -0.490 e. The number of aliphatic hydroxyl groups excluding tert-OH is 1. The van der Waals surface area contributed by atoms with Crippen LogP contribution < -0.4 is 10.1 Å². The maximum atomic E-state index is 12.9. The van der Waals surface area contributed by atoms with Gasteiger partial charge in [-0.15, -0.1) is 0 Å². The van der Waals surface area contributed by atoms with Crippen molar-refractivity contribution >= 4 is 15.9 Å². The lowest BCUT2D eigenvalue weighted by molar-refractivity contribution is -0.139. The zero-order chi connectivity index (χ0) is 20.2. The van der Waals surface area contributed by atoms with Gasteiger partial charge in [-0.25, -0.2) is 13.2 Å². The molecule has 1 heterocycles. The quantitative estimate of drug-likeness (QED) is 0.737. The zero-order valence-electron chi connectivity index (χ0n) is 14.6. The van der Waals surface area contributed by atoms with Crippen LogP contribution in [0.4, 0.5) is 18.0 Å². The fourth-order valence-corrected chi connectivity index (χ4v) is 4.33. The molecule has 0 radical (unpaired) electrons. The molecule has 1 fully saturated rings. The third-order valence-electron chi connectivity index (χ3n) is 4.02. The van der Waals surface area contributed by atoms with Crippen LogP contribution in [-0.2, 0) is 16.0 Å². The van der Waals surface area contributed by atoms with Crippen molar-refractivity contribution in [1.82, 2.24) is 10.2 Å². The summed E-state index contributed by atoms with van der Waals surface area (Å²) in [7, 11) is -1.76. The molecular formula is C16H21F3N2O5S. The van der Waals surface area contributed by atoms with Crippen molar-refractivity contribution in [1.29, 1.82) is 0 Å². The van der Waals surface area contributed by atoms with Crippen molar-refractivity contribution in [3.8, 4) is 5.75 Å². The number of alkyl halides is 3. The topological polar surface area (TPSA) is 95.9 Å². The van der Waals surface area contributed by atoms with E-state index in [4.69, 9.17) is 4.74 Å². The Bertz CT molecular complexity index is 770. The Balaban J connectivity index is 1.83. The molecule has 152 valence electrons. The van der Waals surface area contributed by atoms with Crippen LogP contribution >= 0.6 is 0 Å². The van der Waals surface area contributed by atoms with Crippen LogP contribution in [0.5, 0.6) is 5.75 Å². The number of likely N-dealkylation sites (N-methyl/N-ethyl adjacent to an activating group) is 1. The Morgan fingerprint density at radius 3 is 2.67 bits per heavy atom. The van der Waals surface area contributed by atoms with E-state index in [-0.39, 0.29) is 18.1 Å². The number of halogens is 3. The lowest BCUT2D eigenvalue weighted by Crippen LogP contribution is -2.46. The standard InChI is InChI=1S/C16H21F3N2O5S/c1-21(15(23)20-11-6-7-27(24,25)10-11)8-12(22)9-26-14-5-3-2-4-13(14)16(17,18)19/h2-5,11-12,22H,6-10H2,1H3,(H,20,23)/t11-,12+/m0/s1. The average molecular weight is 410 g/mol. The van der Waals surface area contributed by atoms with E-state index in [1.807, 2.05) is 0 Å². The predicted molar refractivity (Wildman–Crippen MR) is 91.2 cm³/mol. The van der Waals surface area contributed by atoms with Crippen molar-refractivity contribution in [2.24, 2.45) is 0 Å². The number of hydrogen-bond acceptors (Lipinski definition) is 5. The molecule has 0 unspecified atom stereocenters. The van der Waals surface area contributed by atoms with Crippen molar-refractivity contribution in [2.45, 2.75) is 24.7 Å². The molecule has 1 aromatic carbocycles. The number of nitrogens with one attached hydrogen (secondary N) is 1. The molecule has 0 aliphatic carbocycles. The second-order valence-electron chi connectivity index (χ2n) is 6.39. The molecule has 11 heteroatoms. The summed E-state index contributed by atoms with van der Waals surface area (Å²) in [6.45, 7) is -0.637. The molecule has 1 aliphatic rings. The molecule has 2 amide bonds. The maximum absolute atomic E-state index is 12.9. The van der Waals surface area contributed by atoms with Crippen molar-refractivity contribution < 1.29 is 36.2 Å². The van der Waals surface area contributed by atoms with Crippen LogP contribution in [0.1, 0.15) is 12.0 Å². The van der Waals surface area contributed by atoms with Gasteiger partial charge in [0.2, 0.25) is 0 Å². The highest BCUT2D eigenvalue weighted by molar-refractivity contribution is 7.91. The molecule has 1 saturated heterocycles. The number of carbonyl (C=O) groups excluding carboxylic acids is 1. The number of amides is 2. The first-order chi connectivity index (χ1) is 12.5. The summed E-state index contributed by atoms with van der Waals surface area (Å²) in [5.41, 5.74) is -0.953. The lowest BCUT2D eigenvalue weighted by Gasteiger charge is -2.23. The fraction of sp³-hybridized carbons (Fsp3) is 0.562. The Morgan fingerprint density at radius 1 is 1.41 bits per heavy atom. The number of nitrogens with zero attached hydrogens (tertiary/aromatic N) is 1.